The summed E-state index contributed by atoms with van der Waals surface area (Å²) < 4.78 is 0. The van der Waals surface area contributed by atoms with Gasteiger partial charge in [0.15, 0.2) is 0 Å². The summed E-state index contributed by atoms with van der Waals surface area (Å²) in [6, 6.07) is 3.70. The van der Waals surface area contributed by atoms with Gasteiger partial charge < -0.3 is 16.2 Å². The number of nitrogens with zero attached hydrogens (tertiary/aromatic N) is 1. The maximum Gasteiger partial charge on any atom is 0.128 e. The number of nitrogens with one attached hydrogen (secondary N) is 1. The Morgan fingerprint density at radius 1 is 1.57 bits per heavy atom. The van der Waals surface area contributed by atoms with E-state index >= 15 is 0 Å². The van der Waals surface area contributed by atoms with E-state index in [4.69, 9.17) is 10.8 Å². The minimum absolute atomic E-state index is 0.163. The second kappa shape index (κ2) is 4.81. The Morgan fingerprint density at radius 2 is 2.29 bits per heavy atom. The number of aliphatic hydroxyl groups excluding tert-OH is 1. The highest BCUT2D eigenvalue weighted by Gasteiger charge is 2.10. The van der Waals surface area contributed by atoms with Gasteiger partial charge >= 0.3 is 0 Å². The van der Waals surface area contributed by atoms with Crippen molar-refractivity contribution in [1.82, 2.24) is 4.98 Å². The molecule has 4 N–H and O–H groups in total. The molecule has 78 valence electrons. The maximum absolute atomic E-state index is 8.95. The number of anilines is 2. The molecule has 0 aliphatic carbocycles. The lowest BCUT2D eigenvalue weighted by Crippen LogP contribution is -2.26. The van der Waals surface area contributed by atoms with Gasteiger partial charge in [-0.3, -0.25) is 0 Å². The first-order chi connectivity index (χ1) is 6.63. The van der Waals surface area contributed by atoms with Gasteiger partial charge in [0.05, 0.1) is 0 Å². The third-order valence-corrected chi connectivity index (χ3v) is 2.30. The van der Waals surface area contributed by atoms with Gasteiger partial charge in [0.1, 0.15) is 5.82 Å². The quantitative estimate of drug-likeness (QED) is 0.672. The van der Waals surface area contributed by atoms with E-state index in [9.17, 15) is 0 Å². The zero-order valence-electron chi connectivity index (χ0n) is 8.57. The molecule has 0 aliphatic heterocycles. The van der Waals surface area contributed by atoms with Crippen molar-refractivity contribution in [3.8, 4) is 0 Å². The Bertz CT molecular complexity index is 290. The molecular formula is C10H17N3O. The van der Waals surface area contributed by atoms with Gasteiger partial charge in [-0.15, -0.1) is 0 Å². The molecule has 0 bridgehead atoms. The molecule has 2 atom stereocenters. The maximum atomic E-state index is 8.95. The van der Waals surface area contributed by atoms with E-state index in [-0.39, 0.29) is 18.6 Å². The average molecular weight is 195 g/mol. The first-order valence-corrected chi connectivity index (χ1v) is 4.72. The molecule has 0 saturated heterocycles. The highest BCUT2D eigenvalue weighted by atomic mass is 16.3. The van der Waals surface area contributed by atoms with Crippen molar-refractivity contribution in [3.05, 3.63) is 18.3 Å². The number of aromatic nitrogens is 1. The van der Waals surface area contributed by atoms with Crippen molar-refractivity contribution in [2.75, 3.05) is 17.7 Å². The number of pyridine rings is 1. The van der Waals surface area contributed by atoms with E-state index in [1.165, 1.54) is 0 Å². The van der Waals surface area contributed by atoms with E-state index in [0.29, 0.717) is 5.69 Å². The van der Waals surface area contributed by atoms with E-state index in [1.54, 1.807) is 18.3 Å². The van der Waals surface area contributed by atoms with Gasteiger partial charge in [-0.2, -0.15) is 0 Å². The molecule has 0 fully saturated rings. The van der Waals surface area contributed by atoms with Crippen molar-refractivity contribution in [3.63, 3.8) is 0 Å². The fourth-order valence-corrected chi connectivity index (χ4v) is 1.06. The number of hydrogen-bond acceptors (Lipinski definition) is 4. The van der Waals surface area contributed by atoms with Crippen LogP contribution in [0.25, 0.3) is 0 Å². The van der Waals surface area contributed by atoms with Crippen LogP contribution in [0.2, 0.25) is 0 Å². The predicted octanol–water partition coefficient (Wildman–Crippen LogP) is 1.09. The van der Waals surface area contributed by atoms with Crippen LogP contribution >= 0.6 is 0 Å². The van der Waals surface area contributed by atoms with Crippen LogP contribution < -0.4 is 11.1 Å². The van der Waals surface area contributed by atoms with Crippen LogP contribution in [0.5, 0.6) is 0 Å². The van der Waals surface area contributed by atoms with Crippen molar-refractivity contribution >= 4 is 11.5 Å². The summed E-state index contributed by atoms with van der Waals surface area (Å²) in [5.74, 6) is 0.941. The van der Waals surface area contributed by atoms with Crippen LogP contribution in [-0.2, 0) is 0 Å². The van der Waals surface area contributed by atoms with Crippen molar-refractivity contribution in [1.29, 1.82) is 0 Å². The molecule has 1 heterocycles. The summed E-state index contributed by atoms with van der Waals surface area (Å²) in [6.07, 6.45) is 1.66. The highest BCUT2D eigenvalue weighted by molar-refractivity contribution is 5.48. The third-order valence-electron chi connectivity index (χ3n) is 2.30. The number of hydrogen-bond donors (Lipinski definition) is 3. The Morgan fingerprint density at radius 3 is 2.86 bits per heavy atom. The molecule has 14 heavy (non-hydrogen) atoms. The average Bonchev–Trinajstić information content (AvgIpc) is 2.16. The fourth-order valence-electron chi connectivity index (χ4n) is 1.06. The molecule has 0 spiro atoms. The summed E-state index contributed by atoms with van der Waals surface area (Å²) in [5.41, 5.74) is 6.30. The first kappa shape index (κ1) is 10.8. The molecule has 1 rings (SSSR count). The summed E-state index contributed by atoms with van der Waals surface area (Å²) in [7, 11) is 0. The molecule has 2 unspecified atom stereocenters. The Balaban J connectivity index is 2.60. The third kappa shape index (κ3) is 2.88. The summed E-state index contributed by atoms with van der Waals surface area (Å²) in [6.45, 7) is 4.15. The number of nitrogens with two attached hydrogens (primary N) is 1. The summed E-state index contributed by atoms with van der Waals surface area (Å²) in [5, 5.41) is 12.1. The highest BCUT2D eigenvalue weighted by Crippen LogP contribution is 2.12. The minimum atomic E-state index is 0.163. The fraction of sp³-hybridized carbons (Fsp3) is 0.500. The van der Waals surface area contributed by atoms with Crippen molar-refractivity contribution in [2.45, 2.75) is 19.9 Å². The van der Waals surface area contributed by atoms with E-state index in [0.717, 1.165) is 5.82 Å². The summed E-state index contributed by atoms with van der Waals surface area (Å²) in [4.78, 5) is 4.12. The van der Waals surface area contributed by atoms with E-state index < -0.39 is 0 Å². The van der Waals surface area contributed by atoms with Gasteiger partial charge in [0, 0.05) is 30.6 Å². The number of aliphatic hydroxyl groups is 1. The first-order valence-electron chi connectivity index (χ1n) is 4.72. The Hall–Kier alpha value is -1.29. The van der Waals surface area contributed by atoms with E-state index in [2.05, 4.69) is 10.3 Å². The molecule has 0 aromatic carbocycles. The molecule has 4 nitrogen and oxygen atoms in total. The zero-order chi connectivity index (χ0) is 10.6. The molecular weight excluding hydrogens is 178 g/mol. The van der Waals surface area contributed by atoms with Crippen molar-refractivity contribution < 1.29 is 5.11 Å². The predicted molar refractivity (Wildman–Crippen MR) is 58.0 cm³/mol. The zero-order valence-corrected chi connectivity index (χ0v) is 8.57. The van der Waals surface area contributed by atoms with Gasteiger partial charge in [0.2, 0.25) is 0 Å². The monoisotopic (exact) mass is 195 g/mol. The topological polar surface area (TPSA) is 71.2 Å². The number of rotatable bonds is 4. The normalized spacial score (nSPS) is 14.8. The lowest BCUT2D eigenvalue weighted by atomic mass is 10.1. The van der Waals surface area contributed by atoms with E-state index in [1.807, 2.05) is 13.8 Å². The van der Waals surface area contributed by atoms with Crippen LogP contribution in [0.3, 0.4) is 0 Å². The standard InChI is InChI=1S/C10H17N3O/c1-7(6-14)8(2)13-10-5-9(11)3-4-12-10/h3-5,7-8,14H,6H2,1-2H3,(H3,11,12,13). The van der Waals surface area contributed by atoms with Crippen LogP contribution in [0.1, 0.15) is 13.8 Å². The SMILES string of the molecule is CC(CO)C(C)Nc1cc(N)ccn1. The van der Waals surface area contributed by atoms with Crippen LogP contribution in [-0.4, -0.2) is 22.7 Å². The van der Waals surface area contributed by atoms with Crippen LogP contribution in [0, 0.1) is 5.92 Å². The smallest absolute Gasteiger partial charge is 0.128 e. The van der Waals surface area contributed by atoms with Gasteiger partial charge in [0.25, 0.3) is 0 Å². The molecule has 0 aliphatic rings. The lowest BCUT2D eigenvalue weighted by molar-refractivity contribution is 0.226. The van der Waals surface area contributed by atoms with Gasteiger partial charge in [-0.05, 0) is 18.9 Å². The molecule has 1 aromatic heterocycles. The lowest BCUT2D eigenvalue weighted by Gasteiger charge is -2.19. The van der Waals surface area contributed by atoms with Crippen molar-refractivity contribution in [2.24, 2.45) is 5.92 Å². The molecule has 0 radical (unpaired) electrons. The largest absolute Gasteiger partial charge is 0.399 e. The molecule has 4 heteroatoms. The molecule has 1 aromatic rings. The van der Waals surface area contributed by atoms with Crippen LogP contribution in [0.15, 0.2) is 18.3 Å². The van der Waals surface area contributed by atoms with Gasteiger partial charge in [-0.25, -0.2) is 4.98 Å². The van der Waals surface area contributed by atoms with Gasteiger partial charge in [-0.1, -0.05) is 6.92 Å². The Labute approximate surface area is 84.2 Å². The van der Waals surface area contributed by atoms with Crippen LogP contribution in [0.4, 0.5) is 11.5 Å². The Kier molecular flexibility index (Phi) is 3.71. The number of nitrogen functional groups attached to an aromatic ring is 1. The molecule has 0 saturated carbocycles. The minimum Gasteiger partial charge on any atom is -0.399 e. The second-order valence-electron chi connectivity index (χ2n) is 3.57. The summed E-state index contributed by atoms with van der Waals surface area (Å²) >= 11 is 0. The second-order valence-corrected chi connectivity index (χ2v) is 3.57. The molecule has 0 amide bonds.